The number of amides is 2. The molecule has 0 aromatic heterocycles. The number of nitrogens with one attached hydrogen (secondary N) is 1. The summed E-state index contributed by atoms with van der Waals surface area (Å²) in [7, 11) is 0. The normalized spacial score (nSPS) is 25.2. The third kappa shape index (κ3) is 5.29. The molecule has 0 unspecified atom stereocenters. The van der Waals surface area contributed by atoms with Gasteiger partial charge in [-0.3, -0.25) is 14.7 Å². The molecule has 0 bridgehead atoms. The first kappa shape index (κ1) is 23.3. The zero-order valence-electron chi connectivity index (χ0n) is 19.2. The third-order valence-electron chi connectivity index (χ3n) is 6.74. The van der Waals surface area contributed by atoms with Gasteiger partial charge in [0.2, 0.25) is 0 Å². The van der Waals surface area contributed by atoms with Crippen molar-refractivity contribution in [2.24, 2.45) is 4.99 Å². The van der Waals surface area contributed by atoms with Crippen molar-refractivity contribution in [3.8, 4) is 5.75 Å². The van der Waals surface area contributed by atoms with E-state index >= 15 is 0 Å². The molecule has 1 aromatic rings. The minimum Gasteiger partial charge on any atom is -0.410 e. The smallest absolute Gasteiger partial charge is 0.410 e. The number of hydrogen-bond acceptors (Lipinski definition) is 7. The molecular weight excluding hydrogens is 457 g/mol. The van der Waals surface area contributed by atoms with Gasteiger partial charge in [-0.25, -0.2) is 14.6 Å². The van der Waals surface area contributed by atoms with Gasteiger partial charge in [0.05, 0.1) is 4.91 Å². The number of carbonyl (C=O) groups excluding carboxylic acids is 2. The summed E-state index contributed by atoms with van der Waals surface area (Å²) in [6.45, 7) is 5.09. The molecule has 4 aliphatic heterocycles. The summed E-state index contributed by atoms with van der Waals surface area (Å²) in [6, 6.07) is 4.35. The van der Waals surface area contributed by atoms with E-state index in [0.717, 1.165) is 45.4 Å². The van der Waals surface area contributed by atoms with Crippen molar-refractivity contribution in [3.05, 3.63) is 34.5 Å². The first-order valence-corrected chi connectivity index (χ1v) is 12.9. The molecule has 1 atom stereocenters. The van der Waals surface area contributed by atoms with Gasteiger partial charge < -0.3 is 9.64 Å². The van der Waals surface area contributed by atoms with Crippen molar-refractivity contribution >= 4 is 35.0 Å². The van der Waals surface area contributed by atoms with Crippen LogP contribution in [-0.4, -0.2) is 77.3 Å². The molecule has 0 spiro atoms. The highest BCUT2D eigenvalue weighted by Gasteiger charge is 2.32. The number of likely N-dealkylation sites (tertiary alicyclic amines) is 2. The molecule has 3 fully saturated rings. The molecule has 4 heterocycles. The second-order valence-corrected chi connectivity index (χ2v) is 10.1. The number of amidine groups is 1. The van der Waals surface area contributed by atoms with E-state index in [1.165, 1.54) is 49.2 Å². The van der Waals surface area contributed by atoms with Gasteiger partial charge in [0, 0.05) is 37.8 Å². The van der Waals surface area contributed by atoms with Crippen LogP contribution in [0, 0.1) is 5.82 Å². The second kappa shape index (κ2) is 10.5. The van der Waals surface area contributed by atoms with Crippen molar-refractivity contribution in [1.82, 2.24) is 20.2 Å². The fraction of sp³-hybridized carbons (Fsp3) is 0.542. The number of aliphatic imine (C=N–C) groups is 1. The molecule has 1 N–H and O–H groups in total. The minimum atomic E-state index is -0.465. The Labute approximate surface area is 203 Å². The number of hydrogen-bond donors (Lipinski definition) is 1. The average Bonchev–Trinajstić information content (AvgIpc) is 3.50. The molecule has 0 aliphatic carbocycles. The highest BCUT2D eigenvalue weighted by Crippen LogP contribution is 2.33. The molecule has 0 radical (unpaired) electrons. The topological polar surface area (TPSA) is 77.5 Å². The van der Waals surface area contributed by atoms with Crippen molar-refractivity contribution in [1.29, 1.82) is 0 Å². The lowest BCUT2D eigenvalue weighted by molar-refractivity contribution is -0.113. The van der Waals surface area contributed by atoms with E-state index in [2.05, 4.69) is 15.3 Å². The summed E-state index contributed by atoms with van der Waals surface area (Å²) in [6.07, 6.45) is 7.86. The maximum absolute atomic E-state index is 14.1. The number of thioether (sulfide) groups is 1. The van der Waals surface area contributed by atoms with Gasteiger partial charge in [0.25, 0.3) is 5.91 Å². The molecule has 5 rings (SSSR count). The summed E-state index contributed by atoms with van der Waals surface area (Å²) in [5.41, 5.74) is 3.58. The van der Waals surface area contributed by atoms with Gasteiger partial charge in [0.15, 0.2) is 5.17 Å². The van der Waals surface area contributed by atoms with Gasteiger partial charge in [-0.05, 0) is 81.2 Å². The van der Waals surface area contributed by atoms with Crippen LogP contribution in [0.2, 0.25) is 0 Å². The molecule has 0 saturated carbocycles. The van der Waals surface area contributed by atoms with Crippen LogP contribution in [0.4, 0.5) is 9.18 Å². The molecular formula is C24H30FN5O3S. The molecule has 182 valence electrons. The average molecular weight is 488 g/mol. The molecule has 1 aromatic carbocycles. The van der Waals surface area contributed by atoms with E-state index in [1.54, 1.807) is 11.0 Å². The minimum absolute atomic E-state index is 0.235. The number of piperidine rings is 1. The van der Waals surface area contributed by atoms with Crippen LogP contribution in [0.3, 0.4) is 0 Å². The maximum atomic E-state index is 14.1. The lowest BCUT2D eigenvalue weighted by Crippen LogP contribution is -2.45. The summed E-state index contributed by atoms with van der Waals surface area (Å²) in [5.74, 6) is -0.608. The van der Waals surface area contributed by atoms with Gasteiger partial charge >= 0.3 is 6.09 Å². The Morgan fingerprint density at radius 2 is 1.97 bits per heavy atom. The number of ether oxygens (including phenoxy) is 1. The lowest BCUT2D eigenvalue weighted by atomic mass is 10.1. The Morgan fingerprint density at radius 1 is 1.15 bits per heavy atom. The predicted molar refractivity (Wildman–Crippen MR) is 130 cm³/mol. The summed E-state index contributed by atoms with van der Waals surface area (Å²) < 4.78 is 19.7. The number of benzene rings is 1. The Hall–Kier alpha value is -2.43. The van der Waals surface area contributed by atoms with E-state index in [-0.39, 0.29) is 11.7 Å². The monoisotopic (exact) mass is 487 g/mol. The van der Waals surface area contributed by atoms with E-state index < -0.39 is 11.9 Å². The summed E-state index contributed by atoms with van der Waals surface area (Å²) >= 11 is 1.24. The Bertz CT molecular complexity index is 1000. The SMILES string of the molecule is O=C1N=C(N2CCCCN2)S/C1=C\c1cc(F)ccc1OC(=O)N1CC[C@H](N2CCCCC2)C1. The lowest BCUT2D eigenvalue weighted by Gasteiger charge is -2.32. The van der Waals surface area contributed by atoms with Crippen molar-refractivity contribution in [3.63, 3.8) is 0 Å². The summed E-state index contributed by atoms with van der Waals surface area (Å²) in [5, 5.41) is 2.47. The molecule has 8 nitrogen and oxygen atoms in total. The largest absolute Gasteiger partial charge is 0.415 e. The van der Waals surface area contributed by atoms with Crippen molar-refractivity contribution in [2.45, 2.75) is 44.6 Å². The van der Waals surface area contributed by atoms with Crippen LogP contribution >= 0.6 is 11.8 Å². The first-order valence-electron chi connectivity index (χ1n) is 12.1. The fourth-order valence-corrected chi connectivity index (χ4v) is 5.79. The zero-order valence-corrected chi connectivity index (χ0v) is 20.0. The van der Waals surface area contributed by atoms with Crippen LogP contribution in [0.25, 0.3) is 6.08 Å². The van der Waals surface area contributed by atoms with Crippen LogP contribution < -0.4 is 10.2 Å². The highest BCUT2D eigenvalue weighted by atomic mass is 32.2. The van der Waals surface area contributed by atoms with Crippen molar-refractivity contribution in [2.75, 3.05) is 39.3 Å². The quantitative estimate of drug-likeness (QED) is 0.655. The van der Waals surface area contributed by atoms with Crippen LogP contribution in [0.5, 0.6) is 5.75 Å². The van der Waals surface area contributed by atoms with Gasteiger partial charge in [-0.1, -0.05) is 6.42 Å². The predicted octanol–water partition coefficient (Wildman–Crippen LogP) is 3.46. The van der Waals surface area contributed by atoms with Crippen LogP contribution in [0.15, 0.2) is 28.1 Å². The third-order valence-corrected chi connectivity index (χ3v) is 7.74. The van der Waals surface area contributed by atoms with Crippen LogP contribution in [0.1, 0.15) is 44.1 Å². The van der Waals surface area contributed by atoms with Gasteiger partial charge in [-0.15, -0.1) is 0 Å². The second-order valence-electron chi connectivity index (χ2n) is 9.11. The fourth-order valence-electron chi connectivity index (χ4n) is 4.88. The van der Waals surface area contributed by atoms with E-state index in [0.29, 0.717) is 34.8 Å². The molecule has 34 heavy (non-hydrogen) atoms. The summed E-state index contributed by atoms with van der Waals surface area (Å²) in [4.78, 5) is 34.1. The molecule has 10 heteroatoms. The Kier molecular flexibility index (Phi) is 7.17. The number of hydrazine groups is 1. The molecule has 3 saturated heterocycles. The Balaban J connectivity index is 1.26. The molecule has 2 amide bonds. The zero-order chi connectivity index (χ0) is 23.5. The van der Waals surface area contributed by atoms with Crippen LogP contribution in [-0.2, 0) is 4.79 Å². The highest BCUT2D eigenvalue weighted by molar-refractivity contribution is 8.18. The number of halogens is 1. The van der Waals surface area contributed by atoms with E-state index in [1.807, 2.05) is 5.01 Å². The standard InChI is InChI=1S/C24H30FN5O3S/c25-18-6-7-20(33-24(32)29-13-8-19(16-29)28-10-3-1-4-11-28)17(14-18)15-21-22(31)27-23(34-21)30-12-5-2-9-26-30/h6-7,14-15,19,26H,1-5,8-13,16H2/b21-15-/t19-/m0/s1. The van der Waals surface area contributed by atoms with Gasteiger partial charge in [-0.2, -0.15) is 4.99 Å². The van der Waals surface area contributed by atoms with E-state index in [4.69, 9.17) is 4.74 Å². The Morgan fingerprint density at radius 3 is 2.76 bits per heavy atom. The number of carbonyl (C=O) groups is 2. The number of rotatable bonds is 3. The number of nitrogens with zero attached hydrogens (tertiary/aromatic N) is 4. The van der Waals surface area contributed by atoms with Gasteiger partial charge in [0.1, 0.15) is 11.6 Å². The first-order chi connectivity index (χ1) is 16.6. The van der Waals surface area contributed by atoms with E-state index in [9.17, 15) is 14.0 Å². The molecule has 4 aliphatic rings. The maximum Gasteiger partial charge on any atom is 0.415 e. The van der Waals surface area contributed by atoms with Crippen molar-refractivity contribution < 1.29 is 18.7 Å².